The minimum atomic E-state index is 0.871. The highest BCUT2D eigenvalue weighted by Gasteiger charge is 2.05. The predicted molar refractivity (Wildman–Crippen MR) is 139 cm³/mol. The lowest BCUT2D eigenvalue weighted by Crippen LogP contribution is -2.02. The van der Waals surface area contributed by atoms with Crippen LogP contribution < -0.4 is 5.73 Å². The molecule has 0 aliphatic rings. The molecule has 1 atom stereocenters. The van der Waals surface area contributed by atoms with Crippen molar-refractivity contribution in [1.82, 2.24) is 0 Å². The lowest BCUT2D eigenvalue weighted by atomic mass is 9.93. The first-order valence-electron chi connectivity index (χ1n) is 14.5. The monoisotopic (exact) mass is 423 g/mol. The third-order valence-electron chi connectivity index (χ3n) is 7.11. The van der Waals surface area contributed by atoms with Gasteiger partial charge in [0.15, 0.2) is 0 Å². The van der Waals surface area contributed by atoms with Gasteiger partial charge in [0.2, 0.25) is 0 Å². The molecular weight excluding hydrogens is 362 g/mol. The molecule has 0 aromatic rings. The molecule has 182 valence electrons. The highest BCUT2D eigenvalue weighted by Crippen LogP contribution is 2.21. The van der Waals surface area contributed by atoms with Crippen molar-refractivity contribution in [2.24, 2.45) is 11.7 Å². The Morgan fingerprint density at radius 1 is 0.400 bits per heavy atom. The van der Waals surface area contributed by atoms with Gasteiger partial charge in [0, 0.05) is 0 Å². The molecule has 1 nitrogen and oxygen atoms in total. The smallest absolute Gasteiger partial charge is 0.00773 e. The molecule has 0 rings (SSSR count). The number of hydrogen-bond donors (Lipinski definition) is 1. The van der Waals surface area contributed by atoms with E-state index in [-0.39, 0.29) is 0 Å². The lowest BCUT2D eigenvalue weighted by Gasteiger charge is -2.14. The minimum absolute atomic E-state index is 0.871. The second kappa shape index (κ2) is 27.0. The summed E-state index contributed by atoms with van der Waals surface area (Å²) < 4.78 is 0. The van der Waals surface area contributed by atoms with Gasteiger partial charge in [-0.2, -0.15) is 0 Å². The number of hydrogen-bond acceptors (Lipinski definition) is 1. The van der Waals surface area contributed by atoms with E-state index >= 15 is 0 Å². The minimum Gasteiger partial charge on any atom is -0.330 e. The van der Waals surface area contributed by atoms with E-state index in [1.807, 2.05) is 0 Å². The summed E-state index contributed by atoms with van der Waals surface area (Å²) in [5, 5.41) is 0. The third-order valence-corrected chi connectivity index (χ3v) is 7.11. The molecule has 0 amide bonds. The average molecular weight is 424 g/mol. The van der Waals surface area contributed by atoms with Gasteiger partial charge in [0.05, 0.1) is 0 Å². The summed E-state index contributed by atoms with van der Waals surface area (Å²) in [6.07, 6.45) is 36.2. The van der Waals surface area contributed by atoms with Crippen molar-refractivity contribution >= 4 is 0 Å². The van der Waals surface area contributed by atoms with Gasteiger partial charge in [-0.15, -0.1) is 0 Å². The van der Waals surface area contributed by atoms with E-state index in [0.29, 0.717) is 0 Å². The fourth-order valence-corrected chi connectivity index (χ4v) is 4.82. The molecule has 2 N–H and O–H groups in total. The largest absolute Gasteiger partial charge is 0.330 e. The summed E-state index contributed by atoms with van der Waals surface area (Å²) in [7, 11) is 0. The van der Waals surface area contributed by atoms with Gasteiger partial charge in [0.25, 0.3) is 0 Å². The SMILES string of the molecule is CCCCCCCCCCCCCCCCCCCCCCC(CC)CCCCN. The van der Waals surface area contributed by atoms with E-state index in [2.05, 4.69) is 13.8 Å². The van der Waals surface area contributed by atoms with Crippen LogP contribution in [0.4, 0.5) is 0 Å². The van der Waals surface area contributed by atoms with Crippen LogP contribution in [0.3, 0.4) is 0 Å². The molecule has 0 fully saturated rings. The fourth-order valence-electron chi connectivity index (χ4n) is 4.82. The Labute approximate surface area is 192 Å². The lowest BCUT2D eigenvalue weighted by molar-refractivity contribution is 0.397. The summed E-state index contributed by atoms with van der Waals surface area (Å²) in [6, 6.07) is 0. The Bertz CT molecular complexity index is 288. The van der Waals surface area contributed by atoms with Gasteiger partial charge in [-0.25, -0.2) is 0 Å². The van der Waals surface area contributed by atoms with Crippen molar-refractivity contribution in [3.05, 3.63) is 0 Å². The Hall–Kier alpha value is -0.0400. The zero-order chi connectivity index (χ0) is 22.0. The third kappa shape index (κ3) is 24.2. The van der Waals surface area contributed by atoms with E-state index in [1.165, 1.54) is 161 Å². The maximum Gasteiger partial charge on any atom is -0.00773 e. The first-order valence-corrected chi connectivity index (χ1v) is 14.5. The van der Waals surface area contributed by atoms with Crippen LogP contribution in [0.1, 0.15) is 174 Å². The van der Waals surface area contributed by atoms with E-state index in [9.17, 15) is 0 Å². The Kier molecular flexibility index (Phi) is 27.0. The molecule has 0 saturated carbocycles. The van der Waals surface area contributed by atoms with Crippen molar-refractivity contribution in [2.45, 2.75) is 174 Å². The first-order chi connectivity index (χ1) is 14.8. The second-order valence-electron chi connectivity index (χ2n) is 10.1. The van der Waals surface area contributed by atoms with Crippen LogP contribution in [-0.2, 0) is 0 Å². The van der Waals surface area contributed by atoms with Gasteiger partial charge in [-0.1, -0.05) is 168 Å². The van der Waals surface area contributed by atoms with Crippen molar-refractivity contribution in [2.75, 3.05) is 6.54 Å². The molecule has 0 aliphatic carbocycles. The maximum absolute atomic E-state index is 5.61. The topological polar surface area (TPSA) is 26.0 Å². The highest BCUT2D eigenvalue weighted by molar-refractivity contribution is 4.59. The van der Waals surface area contributed by atoms with E-state index in [0.717, 1.165) is 12.5 Å². The highest BCUT2D eigenvalue weighted by atomic mass is 14.5. The molecule has 0 aromatic carbocycles. The molecule has 0 aromatic heterocycles. The number of unbranched alkanes of at least 4 members (excludes halogenated alkanes) is 20. The quantitative estimate of drug-likeness (QED) is 0.137. The molecule has 0 bridgehead atoms. The van der Waals surface area contributed by atoms with Crippen molar-refractivity contribution in [3.8, 4) is 0 Å². The second-order valence-corrected chi connectivity index (χ2v) is 10.1. The molecule has 0 saturated heterocycles. The van der Waals surface area contributed by atoms with E-state index in [1.54, 1.807) is 0 Å². The zero-order valence-electron chi connectivity index (χ0n) is 21.5. The molecule has 0 radical (unpaired) electrons. The van der Waals surface area contributed by atoms with Crippen molar-refractivity contribution in [1.29, 1.82) is 0 Å². The Morgan fingerprint density at radius 3 is 1.00 bits per heavy atom. The zero-order valence-corrected chi connectivity index (χ0v) is 21.5. The Balaban J connectivity index is 3.12. The van der Waals surface area contributed by atoms with Crippen LogP contribution >= 0.6 is 0 Å². The molecular formula is C29H61N. The standard InChI is InChI=1S/C29H61N/c1-3-5-6-7-8-9-10-11-12-13-14-15-16-17-18-19-20-21-22-23-26-29(4-2)27-24-25-28-30/h29H,3-28,30H2,1-2H3. The molecule has 1 heteroatoms. The van der Waals surface area contributed by atoms with Gasteiger partial charge in [-0.05, 0) is 18.9 Å². The normalized spacial score (nSPS) is 12.5. The number of nitrogens with two attached hydrogens (primary N) is 1. The van der Waals surface area contributed by atoms with Gasteiger partial charge < -0.3 is 5.73 Å². The van der Waals surface area contributed by atoms with Crippen LogP contribution in [0.5, 0.6) is 0 Å². The van der Waals surface area contributed by atoms with Crippen LogP contribution in [0.25, 0.3) is 0 Å². The van der Waals surface area contributed by atoms with Crippen LogP contribution in [0, 0.1) is 5.92 Å². The molecule has 0 heterocycles. The van der Waals surface area contributed by atoms with Gasteiger partial charge >= 0.3 is 0 Å². The predicted octanol–water partition coefficient (Wildman–Crippen LogP) is 10.4. The summed E-state index contributed by atoms with van der Waals surface area (Å²) in [4.78, 5) is 0. The molecule has 1 unspecified atom stereocenters. The van der Waals surface area contributed by atoms with Crippen LogP contribution in [-0.4, -0.2) is 6.54 Å². The number of rotatable bonds is 26. The van der Waals surface area contributed by atoms with Crippen molar-refractivity contribution in [3.63, 3.8) is 0 Å². The molecule has 30 heavy (non-hydrogen) atoms. The van der Waals surface area contributed by atoms with Gasteiger partial charge in [-0.3, -0.25) is 0 Å². The summed E-state index contributed by atoms with van der Waals surface area (Å²) in [6.45, 7) is 5.54. The van der Waals surface area contributed by atoms with Gasteiger partial charge in [0.1, 0.15) is 0 Å². The molecule has 0 aliphatic heterocycles. The van der Waals surface area contributed by atoms with Crippen molar-refractivity contribution < 1.29 is 0 Å². The molecule has 0 spiro atoms. The summed E-state index contributed by atoms with van der Waals surface area (Å²) in [5.41, 5.74) is 5.61. The van der Waals surface area contributed by atoms with E-state index < -0.39 is 0 Å². The summed E-state index contributed by atoms with van der Waals surface area (Å²) >= 11 is 0. The first kappa shape index (κ1) is 30.0. The maximum atomic E-state index is 5.61. The van der Waals surface area contributed by atoms with Crippen LogP contribution in [0.2, 0.25) is 0 Å². The fraction of sp³-hybridized carbons (Fsp3) is 1.00. The Morgan fingerprint density at radius 2 is 0.700 bits per heavy atom. The van der Waals surface area contributed by atoms with Crippen LogP contribution in [0.15, 0.2) is 0 Å². The average Bonchev–Trinajstić information content (AvgIpc) is 2.76. The summed E-state index contributed by atoms with van der Waals surface area (Å²) in [5.74, 6) is 0.965. The van der Waals surface area contributed by atoms with E-state index in [4.69, 9.17) is 5.73 Å².